The van der Waals surface area contributed by atoms with Gasteiger partial charge < -0.3 is 0 Å². The molecular formula is C10H19Cl. The normalized spacial score (nSPS) is 21.3. The molecule has 11 heavy (non-hydrogen) atoms. The van der Waals surface area contributed by atoms with E-state index in [4.69, 9.17) is 11.6 Å². The zero-order chi connectivity index (χ0) is 8.10. The first-order valence-corrected chi connectivity index (χ1v) is 5.46. The second kappa shape index (κ2) is 5.03. The van der Waals surface area contributed by atoms with Crippen LogP contribution >= 0.6 is 11.6 Å². The van der Waals surface area contributed by atoms with Crippen LogP contribution in [0.1, 0.15) is 45.4 Å². The highest BCUT2D eigenvalue weighted by atomic mass is 35.5. The minimum atomic E-state index is 0.812. The Hall–Kier alpha value is 0.290. The van der Waals surface area contributed by atoms with Gasteiger partial charge in [0.25, 0.3) is 0 Å². The summed E-state index contributed by atoms with van der Waals surface area (Å²) in [5, 5.41) is 0. The van der Waals surface area contributed by atoms with Gasteiger partial charge in [0.2, 0.25) is 0 Å². The zero-order valence-electron chi connectivity index (χ0n) is 7.48. The van der Waals surface area contributed by atoms with E-state index >= 15 is 0 Å². The van der Waals surface area contributed by atoms with Crippen molar-refractivity contribution in [3.63, 3.8) is 0 Å². The monoisotopic (exact) mass is 174 g/mol. The first-order chi connectivity index (χ1) is 5.36. The Morgan fingerprint density at radius 3 is 2.55 bits per heavy atom. The summed E-state index contributed by atoms with van der Waals surface area (Å²) in [6.45, 7) is 2.25. The van der Waals surface area contributed by atoms with E-state index < -0.39 is 0 Å². The Balaban J connectivity index is 2.08. The molecule has 66 valence electrons. The predicted molar refractivity (Wildman–Crippen MR) is 51.1 cm³/mol. The molecule has 0 amide bonds. The molecule has 0 aromatic carbocycles. The van der Waals surface area contributed by atoms with Gasteiger partial charge in [-0.3, -0.25) is 0 Å². The van der Waals surface area contributed by atoms with E-state index in [1.807, 2.05) is 0 Å². The van der Waals surface area contributed by atoms with Crippen LogP contribution in [0.25, 0.3) is 0 Å². The molecule has 0 aromatic heterocycles. The Morgan fingerprint density at radius 1 is 1.45 bits per heavy atom. The minimum absolute atomic E-state index is 0.812. The Kier molecular flexibility index (Phi) is 4.29. The molecule has 0 nitrogen and oxygen atoms in total. The maximum Gasteiger partial charge on any atom is 0.0251 e. The van der Waals surface area contributed by atoms with Crippen LogP contribution in [0, 0.1) is 11.8 Å². The van der Waals surface area contributed by atoms with Gasteiger partial charge in [-0.15, -0.1) is 11.6 Å². The smallest absolute Gasteiger partial charge is 0.0251 e. The van der Waals surface area contributed by atoms with E-state index in [1.54, 1.807) is 0 Å². The fourth-order valence-electron chi connectivity index (χ4n) is 1.87. The predicted octanol–water partition coefficient (Wildman–Crippen LogP) is 3.83. The summed E-state index contributed by atoms with van der Waals surface area (Å²) in [5.41, 5.74) is 0. The number of halogens is 1. The van der Waals surface area contributed by atoms with Gasteiger partial charge in [-0.2, -0.15) is 0 Å². The topological polar surface area (TPSA) is 0 Å². The lowest BCUT2D eigenvalue weighted by atomic mass is 9.78. The van der Waals surface area contributed by atoms with Crippen LogP contribution in [0.15, 0.2) is 0 Å². The average Bonchev–Trinajstić information content (AvgIpc) is 1.94. The third kappa shape index (κ3) is 3.02. The third-order valence-corrected chi connectivity index (χ3v) is 3.24. The van der Waals surface area contributed by atoms with Gasteiger partial charge >= 0.3 is 0 Å². The van der Waals surface area contributed by atoms with Crippen molar-refractivity contribution >= 4 is 11.6 Å². The number of hydrogen-bond acceptors (Lipinski definition) is 0. The minimum Gasteiger partial charge on any atom is -0.126 e. The maximum atomic E-state index is 5.87. The van der Waals surface area contributed by atoms with Gasteiger partial charge in [0.1, 0.15) is 0 Å². The first-order valence-electron chi connectivity index (χ1n) is 4.92. The molecule has 0 radical (unpaired) electrons. The molecule has 1 saturated carbocycles. The molecule has 0 N–H and O–H groups in total. The molecule has 1 aliphatic rings. The molecule has 0 spiro atoms. The lowest BCUT2D eigenvalue weighted by Crippen LogP contribution is -2.16. The zero-order valence-corrected chi connectivity index (χ0v) is 8.24. The fraction of sp³-hybridized carbons (Fsp3) is 1.00. The van der Waals surface area contributed by atoms with Gasteiger partial charge in [0.05, 0.1) is 0 Å². The van der Waals surface area contributed by atoms with Crippen LogP contribution in [0.3, 0.4) is 0 Å². The molecule has 1 rings (SSSR count). The van der Waals surface area contributed by atoms with Crippen LogP contribution in [0.2, 0.25) is 0 Å². The van der Waals surface area contributed by atoms with E-state index in [1.165, 1.54) is 38.5 Å². The van der Waals surface area contributed by atoms with Gasteiger partial charge in [-0.1, -0.05) is 32.6 Å². The number of alkyl halides is 1. The van der Waals surface area contributed by atoms with Crippen molar-refractivity contribution in [2.45, 2.75) is 45.4 Å². The van der Waals surface area contributed by atoms with Crippen LogP contribution in [0.4, 0.5) is 0 Å². The van der Waals surface area contributed by atoms with Gasteiger partial charge in [0.15, 0.2) is 0 Å². The maximum absolute atomic E-state index is 5.87. The molecule has 0 aromatic rings. The van der Waals surface area contributed by atoms with Crippen molar-refractivity contribution in [2.24, 2.45) is 11.8 Å². The third-order valence-electron chi connectivity index (χ3n) is 2.81. The van der Waals surface area contributed by atoms with E-state index in [9.17, 15) is 0 Å². The standard InChI is InChI=1S/C10H19Cl/c1-2-4-10(8-11)7-9-5-3-6-9/h9-10H,2-8H2,1H3. The number of hydrogen-bond donors (Lipinski definition) is 0. The summed E-state index contributed by atoms with van der Waals surface area (Å²) in [6, 6.07) is 0. The SMILES string of the molecule is CCCC(CCl)CC1CCC1. The quantitative estimate of drug-likeness (QED) is 0.556. The summed E-state index contributed by atoms with van der Waals surface area (Å²) >= 11 is 5.87. The van der Waals surface area contributed by atoms with Crippen molar-refractivity contribution in [3.8, 4) is 0 Å². The molecular weight excluding hydrogens is 156 g/mol. The van der Waals surface area contributed by atoms with Crippen LogP contribution in [-0.4, -0.2) is 5.88 Å². The molecule has 0 saturated heterocycles. The van der Waals surface area contributed by atoms with Gasteiger partial charge in [-0.05, 0) is 24.7 Å². The van der Waals surface area contributed by atoms with Crippen molar-refractivity contribution in [1.82, 2.24) is 0 Å². The average molecular weight is 175 g/mol. The van der Waals surface area contributed by atoms with Crippen molar-refractivity contribution in [1.29, 1.82) is 0 Å². The Labute approximate surface area is 75.3 Å². The second-order valence-corrected chi connectivity index (χ2v) is 4.15. The highest BCUT2D eigenvalue weighted by Crippen LogP contribution is 2.33. The van der Waals surface area contributed by atoms with Crippen LogP contribution in [-0.2, 0) is 0 Å². The van der Waals surface area contributed by atoms with Crippen LogP contribution in [0.5, 0.6) is 0 Å². The second-order valence-electron chi connectivity index (χ2n) is 3.84. The lowest BCUT2D eigenvalue weighted by Gasteiger charge is -2.28. The Morgan fingerprint density at radius 2 is 2.18 bits per heavy atom. The Bertz CT molecular complexity index is 97.0. The molecule has 1 heteroatoms. The van der Waals surface area contributed by atoms with Crippen LogP contribution < -0.4 is 0 Å². The summed E-state index contributed by atoms with van der Waals surface area (Å²) in [6.07, 6.45) is 8.43. The molecule has 0 bridgehead atoms. The fourth-order valence-corrected chi connectivity index (χ4v) is 2.15. The summed E-state index contributed by atoms with van der Waals surface area (Å²) < 4.78 is 0. The highest BCUT2D eigenvalue weighted by molar-refractivity contribution is 6.18. The van der Waals surface area contributed by atoms with Gasteiger partial charge in [-0.25, -0.2) is 0 Å². The molecule has 1 fully saturated rings. The molecule has 0 aliphatic heterocycles. The highest BCUT2D eigenvalue weighted by Gasteiger charge is 2.20. The largest absolute Gasteiger partial charge is 0.126 e. The lowest BCUT2D eigenvalue weighted by molar-refractivity contribution is 0.252. The van der Waals surface area contributed by atoms with E-state index in [0.717, 1.165) is 17.7 Å². The summed E-state index contributed by atoms with van der Waals surface area (Å²) in [7, 11) is 0. The molecule has 1 atom stereocenters. The molecule has 1 aliphatic carbocycles. The van der Waals surface area contributed by atoms with Crippen molar-refractivity contribution < 1.29 is 0 Å². The summed E-state index contributed by atoms with van der Waals surface area (Å²) in [4.78, 5) is 0. The summed E-state index contributed by atoms with van der Waals surface area (Å²) in [5.74, 6) is 2.72. The molecule has 0 heterocycles. The van der Waals surface area contributed by atoms with Crippen molar-refractivity contribution in [3.05, 3.63) is 0 Å². The van der Waals surface area contributed by atoms with E-state index in [-0.39, 0.29) is 0 Å². The van der Waals surface area contributed by atoms with E-state index in [0.29, 0.717) is 0 Å². The van der Waals surface area contributed by atoms with Gasteiger partial charge in [0, 0.05) is 5.88 Å². The molecule has 1 unspecified atom stereocenters. The number of rotatable bonds is 5. The first kappa shape index (κ1) is 9.38. The van der Waals surface area contributed by atoms with E-state index in [2.05, 4.69) is 6.92 Å². The van der Waals surface area contributed by atoms with Crippen molar-refractivity contribution in [2.75, 3.05) is 5.88 Å².